The van der Waals surface area contributed by atoms with Crippen LogP contribution in [0.4, 0.5) is 0 Å². The Hall–Kier alpha value is -0.800. The predicted molar refractivity (Wildman–Crippen MR) is 82.3 cm³/mol. The first-order valence-corrected chi connectivity index (χ1v) is 7.86. The van der Waals surface area contributed by atoms with Gasteiger partial charge < -0.3 is 4.90 Å². The van der Waals surface area contributed by atoms with Crippen LogP contribution in [0.5, 0.6) is 0 Å². The van der Waals surface area contributed by atoms with Gasteiger partial charge in [-0.25, -0.2) is 4.98 Å². The average molecular weight is 315 g/mol. The Balaban J connectivity index is 2.11. The third kappa shape index (κ3) is 3.64. The Morgan fingerprint density at radius 1 is 1.30 bits per heavy atom. The molecule has 0 aliphatic carbocycles. The van der Waals surface area contributed by atoms with Crippen molar-refractivity contribution in [2.24, 2.45) is 11.8 Å². The molecule has 20 heavy (non-hydrogen) atoms. The molecule has 1 atom stereocenters. The van der Waals surface area contributed by atoms with Gasteiger partial charge in [0.25, 0.3) is 5.91 Å². The highest BCUT2D eigenvalue weighted by atomic mass is 35.5. The molecule has 0 spiro atoms. The minimum Gasteiger partial charge on any atom is -0.337 e. The Morgan fingerprint density at radius 3 is 2.75 bits per heavy atom. The number of hydrogen-bond acceptors (Lipinski definition) is 2. The number of amides is 1. The molecule has 2 heterocycles. The van der Waals surface area contributed by atoms with Crippen LogP contribution in [0.3, 0.4) is 0 Å². The highest BCUT2D eigenvalue weighted by molar-refractivity contribution is 6.34. The van der Waals surface area contributed by atoms with E-state index in [2.05, 4.69) is 18.8 Å². The summed E-state index contributed by atoms with van der Waals surface area (Å²) < 4.78 is 0. The molecule has 0 aromatic carbocycles. The zero-order chi connectivity index (χ0) is 14.7. The van der Waals surface area contributed by atoms with Gasteiger partial charge in [-0.1, -0.05) is 37.0 Å². The van der Waals surface area contributed by atoms with Gasteiger partial charge in [0.05, 0.1) is 5.02 Å². The smallest absolute Gasteiger partial charge is 0.274 e. The van der Waals surface area contributed by atoms with E-state index in [4.69, 9.17) is 23.2 Å². The summed E-state index contributed by atoms with van der Waals surface area (Å²) in [5.74, 6) is 1.25. The Bertz CT molecular complexity index is 491. The number of halogens is 2. The molecule has 5 heteroatoms. The molecule has 1 aromatic heterocycles. The molecule has 3 nitrogen and oxygen atoms in total. The normalized spacial score (nSPS) is 20.1. The number of aromatic nitrogens is 1. The van der Waals surface area contributed by atoms with Crippen LogP contribution in [-0.2, 0) is 0 Å². The lowest BCUT2D eigenvalue weighted by Crippen LogP contribution is -2.33. The Morgan fingerprint density at radius 2 is 2.05 bits per heavy atom. The summed E-state index contributed by atoms with van der Waals surface area (Å²) in [6, 6.07) is 3.22. The summed E-state index contributed by atoms with van der Waals surface area (Å²) in [5, 5.41) is 0.664. The van der Waals surface area contributed by atoms with Gasteiger partial charge in [0.1, 0.15) is 10.8 Å². The minimum atomic E-state index is -0.109. The van der Waals surface area contributed by atoms with Gasteiger partial charge in [-0.2, -0.15) is 0 Å². The predicted octanol–water partition coefficient (Wildman–Crippen LogP) is 4.29. The van der Waals surface area contributed by atoms with Crippen LogP contribution in [0, 0.1) is 11.8 Å². The van der Waals surface area contributed by atoms with Crippen molar-refractivity contribution in [3.8, 4) is 0 Å². The summed E-state index contributed by atoms with van der Waals surface area (Å²) in [6.45, 7) is 6.04. The van der Waals surface area contributed by atoms with Crippen molar-refractivity contribution in [3.05, 3.63) is 28.0 Å². The van der Waals surface area contributed by atoms with Crippen LogP contribution in [0.1, 0.15) is 43.6 Å². The van der Waals surface area contributed by atoms with Crippen molar-refractivity contribution in [2.75, 3.05) is 13.1 Å². The maximum absolute atomic E-state index is 12.5. The molecule has 1 aliphatic heterocycles. The fourth-order valence-corrected chi connectivity index (χ4v) is 3.04. The molecular formula is C15H20Cl2N2O. The molecule has 0 N–H and O–H groups in total. The van der Waals surface area contributed by atoms with Gasteiger partial charge >= 0.3 is 0 Å². The second kappa shape index (κ2) is 6.77. The van der Waals surface area contributed by atoms with Gasteiger partial charge in [0, 0.05) is 13.1 Å². The number of nitrogens with zero attached hydrogens (tertiary/aromatic N) is 2. The molecular weight excluding hydrogens is 295 g/mol. The van der Waals surface area contributed by atoms with Crippen LogP contribution >= 0.6 is 23.2 Å². The van der Waals surface area contributed by atoms with E-state index in [1.807, 2.05) is 4.90 Å². The second-order valence-electron chi connectivity index (χ2n) is 5.69. The molecule has 0 radical (unpaired) electrons. The van der Waals surface area contributed by atoms with Gasteiger partial charge in [-0.05, 0) is 43.2 Å². The Kier molecular flexibility index (Phi) is 5.28. The molecule has 1 aromatic rings. The minimum absolute atomic E-state index is 0.109. The van der Waals surface area contributed by atoms with Crippen molar-refractivity contribution in [3.63, 3.8) is 0 Å². The molecule has 1 fully saturated rings. The average Bonchev–Trinajstić information content (AvgIpc) is 2.66. The molecule has 1 unspecified atom stereocenters. The first-order chi connectivity index (χ1) is 9.49. The number of likely N-dealkylation sites (tertiary alicyclic amines) is 1. The maximum Gasteiger partial charge on any atom is 0.274 e. The third-order valence-electron chi connectivity index (χ3n) is 4.02. The van der Waals surface area contributed by atoms with Crippen LogP contribution in [-0.4, -0.2) is 28.9 Å². The van der Waals surface area contributed by atoms with Gasteiger partial charge in [-0.15, -0.1) is 0 Å². The summed E-state index contributed by atoms with van der Waals surface area (Å²) in [4.78, 5) is 18.5. The fourth-order valence-electron chi connectivity index (χ4n) is 2.71. The lowest BCUT2D eigenvalue weighted by Gasteiger charge is -2.21. The fraction of sp³-hybridized carbons (Fsp3) is 0.600. The van der Waals surface area contributed by atoms with E-state index >= 15 is 0 Å². The first kappa shape index (κ1) is 15.6. The lowest BCUT2D eigenvalue weighted by atomic mass is 9.89. The van der Waals surface area contributed by atoms with Crippen LogP contribution in [0.25, 0.3) is 0 Å². The molecule has 1 amide bonds. The quantitative estimate of drug-likeness (QED) is 0.763. The van der Waals surface area contributed by atoms with E-state index in [0.29, 0.717) is 22.0 Å². The van der Waals surface area contributed by atoms with Gasteiger partial charge in [0.15, 0.2) is 0 Å². The number of carbonyl (C=O) groups is 1. The summed E-state index contributed by atoms with van der Waals surface area (Å²) >= 11 is 11.9. The van der Waals surface area contributed by atoms with Crippen molar-refractivity contribution >= 4 is 29.1 Å². The monoisotopic (exact) mass is 314 g/mol. The number of pyridine rings is 1. The zero-order valence-electron chi connectivity index (χ0n) is 11.9. The van der Waals surface area contributed by atoms with E-state index in [1.165, 1.54) is 6.42 Å². The summed E-state index contributed by atoms with van der Waals surface area (Å²) in [6.07, 6.45) is 3.26. The molecule has 2 rings (SSSR count). The topological polar surface area (TPSA) is 33.2 Å². The van der Waals surface area contributed by atoms with Crippen LogP contribution < -0.4 is 0 Å². The molecule has 1 aliphatic rings. The van der Waals surface area contributed by atoms with Crippen LogP contribution in [0.15, 0.2) is 12.1 Å². The van der Waals surface area contributed by atoms with E-state index in [9.17, 15) is 4.79 Å². The third-order valence-corrected chi connectivity index (χ3v) is 4.53. The summed E-state index contributed by atoms with van der Waals surface area (Å²) in [7, 11) is 0. The number of carbonyl (C=O) groups excluding carboxylic acids is 1. The van der Waals surface area contributed by atoms with Crippen molar-refractivity contribution in [1.29, 1.82) is 0 Å². The highest BCUT2D eigenvalue weighted by Gasteiger charge is 2.25. The van der Waals surface area contributed by atoms with E-state index in [-0.39, 0.29) is 11.6 Å². The maximum atomic E-state index is 12.5. The SMILES string of the molecule is CC(C)C1CCCN(C(=O)c2nc(Cl)ccc2Cl)CC1. The van der Waals surface area contributed by atoms with Crippen LogP contribution in [0.2, 0.25) is 10.2 Å². The van der Waals surface area contributed by atoms with E-state index in [1.54, 1.807) is 12.1 Å². The van der Waals surface area contributed by atoms with Gasteiger partial charge in [0.2, 0.25) is 0 Å². The van der Waals surface area contributed by atoms with E-state index in [0.717, 1.165) is 25.9 Å². The molecule has 1 saturated heterocycles. The van der Waals surface area contributed by atoms with Gasteiger partial charge in [-0.3, -0.25) is 4.79 Å². The molecule has 0 saturated carbocycles. The second-order valence-corrected chi connectivity index (χ2v) is 6.49. The standard InChI is InChI=1S/C15H20Cl2N2O/c1-10(2)11-4-3-8-19(9-7-11)15(20)14-12(16)5-6-13(17)18-14/h5-6,10-11H,3-4,7-9H2,1-2H3. The van der Waals surface area contributed by atoms with E-state index < -0.39 is 0 Å². The Labute approximate surface area is 130 Å². The highest BCUT2D eigenvalue weighted by Crippen LogP contribution is 2.26. The van der Waals surface area contributed by atoms with Crippen molar-refractivity contribution < 1.29 is 4.79 Å². The number of rotatable bonds is 2. The molecule has 0 bridgehead atoms. The first-order valence-electron chi connectivity index (χ1n) is 7.10. The van der Waals surface area contributed by atoms with Crippen molar-refractivity contribution in [2.45, 2.75) is 33.1 Å². The largest absolute Gasteiger partial charge is 0.337 e. The van der Waals surface area contributed by atoms with Crippen molar-refractivity contribution in [1.82, 2.24) is 9.88 Å². The zero-order valence-corrected chi connectivity index (χ0v) is 13.4. The number of hydrogen-bond donors (Lipinski definition) is 0. The molecule has 110 valence electrons. The lowest BCUT2D eigenvalue weighted by molar-refractivity contribution is 0.0753. The summed E-state index contributed by atoms with van der Waals surface area (Å²) in [5.41, 5.74) is 0.266.